The molecular formula is C14H24N2S. The molecule has 0 radical (unpaired) electrons. The monoisotopic (exact) mass is 252 g/mol. The molecule has 0 aliphatic carbocycles. The number of nitrogens with two attached hydrogens (primary N) is 1. The van der Waals surface area contributed by atoms with E-state index in [0.717, 1.165) is 25.4 Å². The van der Waals surface area contributed by atoms with Gasteiger partial charge in [-0.25, -0.2) is 0 Å². The fourth-order valence-electron chi connectivity index (χ4n) is 1.83. The Morgan fingerprint density at radius 1 is 1.24 bits per heavy atom. The quantitative estimate of drug-likeness (QED) is 0.757. The molecule has 0 atom stereocenters. The highest BCUT2D eigenvalue weighted by Crippen LogP contribution is 2.23. The zero-order chi connectivity index (χ0) is 12.7. The fraction of sp³-hybridized carbons (Fsp3) is 0.571. The number of aryl methyl sites for hydroxylation is 1. The molecule has 3 heteroatoms. The van der Waals surface area contributed by atoms with E-state index in [-0.39, 0.29) is 0 Å². The number of rotatable bonds is 7. The largest absolute Gasteiger partial charge is 0.326 e. The number of thioether (sulfide) groups is 1. The molecule has 1 rings (SSSR count). The molecule has 0 amide bonds. The molecule has 0 fully saturated rings. The minimum Gasteiger partial charge on any atom is -0.326 e. The van der Waals surface area contributed by atoms with Crippen LogP contribution in [-0.2, 0) is 6.54 Å². The summed E-state index contributed by atoms with van der Waals surface area (Å²) in [5, 5.41) is 0. The average molecular weight is 252 g/mol. The molecule has 0 saturated heterocycles. The highest BCUT2D eigenvalue weighted by molar-refractivity contribution is 7.99. The average Bonchev–Trinajstić information content (AvgIpc) is 2.36. The van der Waals surface area contributed by atoms with Gasteiger partial charge in [0, 0.05) is 23.7 Å². The van der Waals surface area contributed by atoms with Crippen molar-refractivity contribution in [2.75, 3.05) is 25.4 Å². The Morgan fingerprint density at radius 3 is 2.53 bits per heavy atom. The number of hydrogen-bond acceptors (Lipinski definition) is 3. The number of hydrogen-bond donors (Lipinski definition) is 1. The van der Waals surface area contributed by atoms with Gasteiger partial charge in [-0.3, -0.25) is 0 Å². The van der Waals surface area contributed by atoms with Crippen molar-refractivity contribution in [2.24, 2.45) is 5.73 Å². The van der Waals surface area contributed by atoms with Gasteiger partial charge in [0.2, 0.25) is 0 Å². The molecule has 0 aliphatic rings. The topological polar surface area (TPSA) is 29.3 Å². The lowest BCUT2D eigenvalue weighted by Gasteiger charge is -2.17. The van der Waals surface area contributed by atoms with Crippen molar-refractivity contribution in [1.82, 2.24) is 4.90 Å². The van der Waals surface area contributed by atoms with Crippen molar-refractivity contribution in [3.63, 3.8) is 0 Å². The highest BCUT2D eigenvalue weighted by atomic mass is 32.2. The summed E-state index contributed by atoms with van der Waals surface area (Å²) in [4.78, 5) is 3.79. The molecule has 1 aromatic carbocycles. The van der Waals surface area contributed by atoms with Gasteiger partial charge >= 0.3 is 0 Å². The Morgan fingerprint density at radius 2 is 1.94 bits per heavy atom. The SMILES string of the molecule is CCN(CC)CCSc1ccc(C)cc1CN. The molecule has 1 aromatic rings. The van der Waals surface area contributed by atoms with E-state index in [1.165, 1.54) is 16.0 Å². The smallest absolute Gasteiger partial charge is 0.0189 e. The van der Waals surface area contributed by atoms with Crippen molar-refractivity contribution in [1.29, 1.82) is 0 Å². The Bertz CT molecular complexity index is 335. The van der Waals surface area contributed by atoms with Gasteiger partial charge in [-0.15, -0.1) is 11.8 Å². The van der Waals surface area contributed by atoms with E-state index in [9.17, 15) is 0 Å². The van der Waals surface area contributed by atoms with Crippen LogP contribution in [0.1, 0.15) is 25.0 Å². The Balaban J connectivity index is 2.51. The molecule has 17 heavy (non-hydrogen) atoms. The lowest BCUT2D eigenvalue weighted by molar-refractivity contribution is 0.324. The molecule has 0 unspecified atom stereocenters. The zero-order valence-electron chi connectivity index (χ0n) is 11.2. The Hall–Kier alpha value is -0.510. The molecule has 0 heterocycles. The number of benzene rings is 1. The van der Waals surface area contributed by atoms with E-state index in [2.05, 4.69) is 43.9 Å². The molecule has 2 nitrogen and oxygen atoms in total. The lowest BCUT2D eigenvalue weighted by Crippen LogP contribution is -2.25. The van der Waals surface area contributed by atoms with Crippen LogP contribution in [0, 0.1) is 6.92 Å². The molecule has 0 saturated carbocycles. The summed E-state index contributed by atoms with van der Waals surface area (Å²) >= 11 is 1.92. The minimum absolute atomic E-state index is 0.634. The second-order valence-corrected chi connectivity index (χ2v) is 5.33. The molecule has 0 aliphatic heterocycles. The summed E-state index contributed by atoms with van der Waals surface area (Å²) < 4.78 is 0. The third kappa shape index (κ3) is 4.70. The first kappa shape index (κ1) is 14.6. The van der Waals surface area contributed by atoms with Crippen molar-refractivity contribution in [3.8, 4) is 0 Å². The van der Waals surface area contributed by atoms with Crippen LogP contribution in [0.15, 0.2) is 23.1 Å². The molecule has 0 bridgehead atoms. The summed E-state index contributed by atoms with van der Waals surface area (Å²) in [6, 6.07) is 6.56. The molecule has 0 spiro atoms. The van der Waals surface area contributed by atoms with Crippen LogP contribution >= 0.6 is 11.8 Å². The lowest BCUT2D eigenvalue weighted by atomic mass is 10.1. The number of nitrogens with zero attached hydrogens (tertiary/aromatic N) is 1. The van der Waals surface area contributed by atoms with E-state index in [1.807, 2.05) is 11.8 Å². The first-order valence-electron chi connectivity index (χ1n) is 6.36. The van der Waals surface area contributed by atoms with Crippen LogP contribution in [-0.4, -0.2) is 30.3 Å². The normalized spacial score (nSPS) is 11.1. The summed E-state index contributed by atoms with van der Waals surface area (Å²) in [6.07, 6.45) is 0. The third-order valence-corrected chi connectivity index (χ3v) is 4.09. The molecule has 0 aromatic heterocycles. The van der Waals surface area contributed by atoms with E-state index < -0.39 is 0 Å². The second kappa shape index (κ2) is 7.75. The van der Waals surface area contributed by atoms with Gasteiger partial charge in [0.15, 0.2) is 0 Å². The van der Waals surface area contributed by atoms with Gasteiger partial charge in [0.05, 0.1) is 0 Å². The maximum absolute atomic E-state index is 5.78. The van der Waals surface area contributed by atoms with Crippen molar-refractivity contribution < 1.29 is 0 Å². The summed E-state index contributed by atoms with van der Waals surface area (Å²) in [6.45, 7) is 10.6. The van der Waals surface area contributed by atoms with E-state index in [0.29, 0.717) is 6.54 Å². The summed E-state index contributed by atoms with van der Waals surface area (Å²) in [5.41, 5.74) is 8.34. The van der Waals surface area contributed by atoms with Gasteiger partial charge in [0.1, 0.15) is 0 Å². The van der Waals surface area contributed by atoms with Crippen LogP contribution < -0.4 is 5.73 Å². The van der Waals surface area contributed by atoms with Crippen LogP contribution in [0.2, 0.25) is 0 Å². The molecular weight excluding hydrogens is 228 g/mol. The predicted molar refractivity (Wildman–Crippen MR) is 77.6 cm³/mol. The highest BCUT2D eigenvalue weighted by Gasteiger charge is 2.04. The van der Waals surface area contributed by atoms with Gasteiger partial charge in [-0.2, -0.15) is 0 Å². The van der Waals surface area contributed by atoms with Gasteiger partial charge < -0.3 is 10.6 Å². The van der Waals surface area contributed by atoms with Crippen molar-refractivity contribution >= 4 is 11.8 Å². The predicted octanol–water partition coefficient (Wildman–Crippen LogP) is 2.89. The second-order valence-electron chi connectivity index (χ2n) is 4.19. The Labute approximate surface area is 110 Å². The van der Waals surface area contributed by atoms with E-state index >= 15 is 0 Å². The molecule has 2 N–H and O–H groups in total. The van der Waals surface area contributed by atoms with Gasteiger partial charge in [0.25, 0.3) is 0 Å². The first-order chi connectivity index (χ1) is 8.21. The van der Waals surface area contributed by atoms with Crippen molar-refractivity contribution in [2.45, 2.75) is 32.2 Å². The summed E-state index contributed by atoms with van der Waals surface area (Å²) in [5.74, 6) is 1.14. The van der Waals surface area contributed by atoms with Gasteiger partial charge in [-0.05, 0) is 31.6 Å². The van der Waals surface area contributed by atoms with Crippen LogP contribution in [0.3, 0.4) is 0 Å². The van der Waals surface area contributed by atoms with Crippen LogP contribution in [0.25, 0.3) is 0 Å². The summed E-state index contributed by atoms with van der Waals surface area (Å²) in [7, 11) is 0. The van der Waals surface area contributed by atoms with E-state index in [1.54, 1.807) is 0 Å². The maximum atomic E-state index is 5.78. The Kier molecular flexibility index (Phi) is 6.63. The van der Waals surface area contributed by atoms with Crippen LogP contribution in [0.5, 0.6) is 0 Å². The fourth-order valence-corrected chi connectivity index (χ4v) is 2.89. The zero-order valence-corrected chi connectivity index (χ0v) is 12.0. The first-order valence-corrected chi connectivity index (χ1v) is 7.34. The minimum atomic E-state index is 0.634. The maximum Gasteiger partial charge on any atom is 0.0189 e. The molecule has 96 valence electrons. The van der Waals surface area contributed by atoms with Crippen molar-refractivity contribution in [3.05, 3.63) is 29.3 Å². The van der Waals surface area contributed by atoms with E-state index in [4.69, 9.17) is 5.73 Å². The third-order valence-electron chi connectivity index (χ3n) is 3.00. The standard InChI is InChI=1S/C14H24N2S/c1-4-16(5-2)8-9-17-14-7-6-12(3)10-13(14)11-15/h6-7,10H,4-5,8-9,11,15H2,1-3H3. The van der Waals surface area contributed by atoms with Crippen LogP contribution in [0.4, 0.5) is 0 Å². The van der Waals surface area contributed by atoms with Gasteiger partial charge in [-0.1, -0.05) is 31.5 Å².